The zero-order chi connectivity index (χ0) is 0. The Morgan fingerprint density at radius 1 is 0.750 bits per heavy atom. The van der Waals surface area contributed by atoms with Crippen molar-refractivity contribution in [1.29, 1.82) is 0 Å². The van der Waals surface area contributed by atoms with Crippen LogP contribution in [0, 0.1) is 0 Å². The molecule has 4 heteroatoms. The van der Waals surface area contributed by atoms with Gasteiger partial charge in [-0.15, -0.1) is 0 Å². The van der Waals surface area contributed by atoms with Gasteiger partial charge in [-0.25, -0.2) is 0 Å². The van der Waals surface area contributed by atoms with E-state index in [1.165, 1.54) is 0 Å². The number of hydrogen-bond donors (Lipinski definition) is 0. The first-order chi connectivity index (χ1) is 0. The smallest absolute Gasteiger partial charge is 2.00 e. The zero-order valence-electron chi connectivity index (χ0n) is 1.84. The molecule has 16 valence electrons. The predicted molar refractivity (Wildman–Crippen MR) is 7.13 cm³/mol. The third-order valence-corrected chi connectivity index (χ3v) is 0. The Bertz CT molecular complexity index is 6.00. The summed E-state index contributed by atoms with van der Waals surface area (Å²) in [4.78, 5) is 0. The van der Waals surface area contributed by atoms with Crippen LogP contribution in [0.5, 0.6) is 0 Å². The molecule has 0 aliphatic heterocycles. The molecule has 0 N–H and O–H groups in total. The van der Waals surface area contributed by atoms with E-state index in [9.17, 15) is 0 Å². The normalized spacial score (nSPS) is 0. The van der Waals surface area contributed by atoms with Gasteiger partial charge in [-0.1, -0.05) is 0 Å². The molecule has 0 rings (SSSR count). The Morgan fingerprint density at radius 2 is 0.750 bits per heavy atom. The molecule has 0 heterocycles. The summed E-state index contributed by atoms with van der Waals surface area (Å²) in [6.45, 7) is 0. The first-order valence-electron chi connectivity index (χ1n) is 0. The Balaban J connectivity index is 0. The minimum absolute atomic E-state index is 0. The summed E-state index contributed by atoms with van der Waals surface area (Å²) < 4.78 is 0. The molecule has 4 heavy (non-hydrogen) atoms. The van der Waals surface area contributed by atoms with Crippen LogP contribution in [0.1, 0.15) is 0 Å². The first kappa shape index (κ1) is 48.5. The van der Waals surface area contributed by atoms with Crippen LogP contribution in [0.25, 0.3) is 0 Å². The summed E-state index contributed by atoms with van der Waals surface area (Å²) in [6, 6.07) is 0. The Morgan fingerprint density at radius 3 is 0.750 bits per heavy atom. The quantitative estimate of drug-likeness (QED) is 0.506. The van der Waals surface area contributed by atoms with Crippen LogP contribution in [-0.4, -0.2) is 25.8 Å². The molecule has 0 fully saturated rings. The standard InChI is InChI=1S/In.Nb.2O/q+3;+5;2*-2. The maximum absolute atomic E-state index is 0. The van der Waals surface area contributed by atoms with Crippen molar-refractivity contribution < 1.29 is 33.3 Å². The van der Waals surface area contributed by atoms with E-state index in [1.807, 2.05) is 0 Å². The third kappa shape index (κ3) is 9.65. The monoisotopic (exact) mass is 240 g/mol. The van der Waals surface area contributed by atoms with Crippen molar-refractivity contribution in [3.63, 3.8) is 0 Å². The maximum Gasteiger partial charge on any atom is 5.00 e. The van der Waals surface area contributed by atoms with Crippen LogP contribution in [0.4, 0.5) is 0 Å². The van der Waals surface area contributed by atoms with Crippen molar-refractivity contribution in [3.8, 4) is 0 Å². The summed E-state index contributed by atoms with van der Waals surface area (Å²) in [6.07, 6.45) is 0. The fourth-order valence-electron chi connectivity index (χ4n) is 0. The summed E-state index contributed by atoms with van der Waals surface area (Å²) in [7, 11) is 0. The fourth-order valence-corrected chi connectivity index (χ4v) is 0. The van der Waals surface area contributed by atoms with E-state index in [-0.39, 0.29) is 59.2 Å². The minimum atomic E-state index is 0. The van der Waals surface area contributed by atoms with Gasteiger partial charge in [0.2, 0.25) is 0 Å². The van der Waals surface area contributed by atoms with Gasteiger partial charge in [-0.05, 0) is 0 Å². The molecule has 0 unspecified atom stereocenters. The molecule has 0 aromatic heterocycles. The van der Waals surface area contributed by atoms with Crippen molar-refractivity contribution in [2.24, 2.45) is 0 Å². The molecule has 0 bridgehead atoms. The molecular formula is InNbO2+4. The van der Waals surface area contributed by atoms with E-state index in [1.54, 1.807) is 0 Å². The van der Waals surface area contributed by atoms with Gasteiger partial charge in [0.05, 0.1) is 0 Å². The van der Waals surface area contributed by atoms with Crippen LogP contribution in [0.3, 0.4) is 0 Å². The average Bonchev–Trinajstić information content (AvgIpc) is 0. The second-order valence-corrected chi connectivity index (χ2v) is 0. The van der Waals surface area contributed by atoms with Crippen LogP contribution >= 0.6 is 0 Å². The molecule has 0 saturated heterocycles. The van der Waals surface area contributed by atoms with Gasteiger partial charge in [0.15, 0.2) is 0 Å². The average molecular weight is 240 g/mol. The van der Waals surface area contributed by atoms with E-state index in [0.29, 0.717) is 0 Å². The molecule has 0 aromatic carbocycles. The molecule has 0 saturated carbocycles. The fraction of sp³-hybridized carbons (Fsp3) is 0. The number of hydrogen-bond acceptors (Lipinski definition) is 0. The SMILES string of the molecule is [In+3].[Nb+5].[O-2].[O-2]. The van der Waals surface area contributed by atoms with E-state index in [2.05, 4.69) is 0 Å². The van der Waals surface area contributed by atoms with Gasteiger partial charge in [-0.3, -0.25) is 0 Å². The van der Waals surface area contributed by atoms with E-state index in [4.69, 9.17) is 0 Å². The molecule has 2 nitrogen and oxygen atoms in total. The molecule has 0 atom stereocenters. The topological polar surface area (TPSA) is 57.0 Å². The summed E-state index contributed by atoms with van der Waals surface area (Å²) in [5.41, 5.74) is 0. The van der Waals surface area contributed by atoms with Crippen LogP contribution in [0.15, 0.2) is 0 Å². The molecular weight excluding hydrogens is 240 g/mol. The van der Waals surface area contributed by atoms with E-state index in [0.717, 1.165) is 0 Å². The van der Waals surface area contributed by atoms with Crippen molar-refractivity contribution >= 4 is 25.8 Å². The van der Waals surface area contributed by atoms with E-state index >= 15 is 0 Å². The van der Waals surface area contributed by atoms with Crippen molar-refractivity contribution in [2.45, 2.75) is 0 Å². The van der Waals surface area contributed by atoms with Crippen molar-refractivity contribution in [3.05, 3.63) is 0 Å². The van der Waals surface area contributed by atoms with Crippen molar-refractivity contribution in [2.75, 3.05) is 0 Å². The third-order valence-electron chi connectivity index (χ3n) is 0. The molecule has 0 radical (unpaired) electrons. The molecule has 0 aromatic rings. The molecule has 0 spiro atoms. The van der Waals surface area contributed by atoms with Gasteiger partial charge < -0.3 is 11.0 Å². The van der Waals surface area contributed by atoms with Crippen LogP contribution in [0.2, 0.25) is 0 Å². The first-order valence-corrected chi connectivity index (χ1v) is 0. The van der Waals surface area contributed by atoms with Gasteiger partial charge in [-0.2, -0.15) is 0 Å². The molecule has 0 amide bonds. The van der Waals surface area contributed by atoms with Gasteiger partial charge in [0, 0.05) is 0 Å². The second-order valence-electron chi connectivity index (χ2n) is 0. The minimum Gasteiger partial charge on any atom is -2.00 e. The maximum atomic E-state index is 0. The van der Waals surface area contributed by atoms with E-state index < -0.39 is 0 Å². The van der Waals surface area contributed by atoms with Crippen LogP contribution < -0.4 is 0 Å². The van der Waals surface area contributed by atoms with Gasteiger partial charge in [0.25, 0.3) is 0 Å². The summed E-state index contributed by atoms with van der Waals surface area (Å²) >= 11 is 0. The predicted octanol–water partition coefficient (Wildman–Crippen LogP) is -0.621. The second kappa shape index (κ2) is 24.1. The van der Waals surface area contributed by atoms with Crippen LogP contribution in [-0.2, 0) is 33.3 Å². The number of rotatable bonds is 0. The summed E-state index contributed by atoms with van der Waals surface area (Å²) in [5, 5.41) is 0. The molecule has 0 aliphatic carbocycles. The molecule has 0 aliphatic rings. The van der Waals surface area contributed by atoms with Gasteiger partial charge in [0.1, 0.15) is 0 Å². The van der Waals surface area contributed by atoms with Crippen molar-refractivity contribution in [1.82, 2.24) is 0 Å². The largest absolute Gasteiger partial charge is 5.00 e. The summed E-state index contributed by atoms with van der Waals surface area (Å²) in [5.74, 6) is 0. The zero-order valence-corrected chi connectivity index (χ0v) is 7.34. The Labute approximate surface area is 58.9 Å². The van der Waals surface area contributed by atoms with Gasteiger partial charge >= 0.3 is 48.2 Å². The Kier molecular flexibility index (Phi) is 292. The Hall–Kier alpha value is 1.53.